The molecule has 1 aromatic rings. The normalized spacial score (nSPS) is 16.8. The van der Waals surface area contributed by atoms with E-state index in [1.807, 2.05) is 0 Å². The standard InChI is InChI=1S/C16H23F3N2/c1-21(15-4-2-3-5-15)11-10-20-12-13-6-8-14(9-7-13)16(17,18)19/h6-9,15,20H,2-5,10-12H2,1H3. The first-order valence-electron chi connectivity index (χ1n) is 7.54. The van der Waals surface area contributed by atoms with E-state index in [0.717, 1.165) is 30.8 Å². The van der Waals surface area contributed by atoms with Gasteiger partial charge in [0.2, 0.25) is 0 Å². The molecule has 0 heterocycles. The molecule has 1 aliphatic carbocycles. The van der Waals surface area contributed by atoms with Gasteiger partial charge in [-0.05, 0) is 37.6 Å². The number of hydrogen-bond acceptors (Lipinski definition) is 2. The van der Waals surface area contributed by atoms with Gasteiger partial charge in [0, 0.05) is 25.7 Å². The van der Waals surface area contributed by atoms with Gasteiger partial charge in [0.1, 0.15) is 0 Å². The lowest BCUT2D eigenvalue weighted by Gasteiger charge is -2.24. The third-order valence-corrected chi connectivity index (χ3v) is 4.20. The molecule has 1 fully saturated rings. The van der Waals surface area contributed by atoms with Crippen LogP contribution in [0.3, 0.4) is 0 Å². The average molecular weight is 300 g/mol. The van der Waals surface area contributed by atoms with Crippen LogP contribution in [0.5, 0.6) is 0 Å². The Labute approximate surface area is 124 Å². The number of rotatable bonds is 6. The Bertz CT molecular complexity index is 422. The summed E-state index contributed by atoms with van der Waals surface area (Å²) in [6.45, 7) is 2.44. The maximum atomic E-state index is 12.4. The molecule has 21 heavy (non-hydrogen) atoms. The molecule has 1 saturated carbocycles. The number of nitrogens with zero attached hydrogens (tertiary/aromatic N) is 1. The fraction of sp³-hybridized carbons (Fsp3) is 0.625. The second-order valence-electron chi connectivity index (χ2n) is 5.79. The SMILES string of the molecule is CN(CCNCc1ccc(C(F)(F)F)cc1)C1CCCC1. The predicted molar refractivity (Wildman–Crippen MR) is 78.0 cm³/mol. The van der Waals surface area contributed by atoms with E-state index in [1.165, 1.54) is 37.8 Å². The molecular weight excluding hydrogens is 277 g/mol. The molecule has 0 aliphatic heterocycles. The quantitative estimate of drug-likeness (QED) is 0.806. The van der Waals surface area contributed by atoms with Gasteiger partial charge < -0.3 is 10.2 Å². The highest BCUT2D eigenvalue weighted by molar-refractivity contribution is 5.24. The number of halogens is 3. The van der Waals surface area contributed by atoms with Crippen LogP contribution in [0.25, 0.3) is 0 Å². The lowest BCUT2D eigenvalue weighted by Crippen LogP contribution is -2.35. The largest absolute Gasteiger partial charge is 0.416 e. The molecule has 5 heteroatoms. The van der Waals surface area contributed by atoms with Crippen molar-refractivity contribution in [2.45, 2.75) is 44.4 Å². The fourth-order valence-corrected chi connectivity index (χ4v) is 2.83. The molecule has 2 rings (SSSR count). The molecule has 0 spiro atoms. The van der Waals surface area contributed by atoms with Gasteiger partial charge in [-0.2, -0.15) is 13.2 Å². The van der Waals surface area contributed by atoms with Crippen molar-refractivity contribution in [1.29, 1.82) is 0 Å². The summed E-state index contributed by atoms with van der Waals surface area (Å²) < 4.78 is 37.3. The topological polar surface area (TPSA) is 15.3 Å². The average Bonchev–Trinajstić information content (AvgIpc) is 2.97. The van der Waals surface area contributed by atoms with Gasteiger partial charge in [0.05, 0.1) is 5.56 Å². The number of hydrogen-bond donors (Lipinski definition) is 1. The van der Waals surface area contributed by atoms with E-state index in [2.05, 4.69) is 17.3 Å². The summed E-state index contributed by atoms with van der Waals surface area (Å²) in [5, 5.41) is 3.29. The third kappa shape index (κ3) is 5.00. The first kappa shape index (κ1) is 16.3. The molecule has 1 aliphatic rings. The van der Waals surface area contributed by atoms with E-state index in [9.17, 15) is 13.2 Å². The Morgan fingerprint density at radius 1 is 1.14 bits per heavy atom. The molecule has 0 saturated heterocycles. The monoisotopic (exact) mass is 300 g/mol. The highest BCUT2D eigenvalue weighted by atomic mass is 19.4. The molecule has 0 bridgehead atoms. The Kier molecular flexibility index (Phi) is 5.65. The van der Waals surface area contributed by atoms with Crippen LogP contribution in [0.4, 0.5) is 13.2 Å². The van der Waals surface area contributed by atoms with Crippen molar-refractivity contribution >= 4 is 0 Å². The Hall–Kier alpha value is -1.07. The van der Waals surface area contributed by atoms with Gasteiger partial charge in [-0.15, -0.1) is 0 Å². The highest BCUT2D eigenvalue weighted by Gasteiger charge is 2.29. The zero-order valence-electron chi connectivity index (χ0n) is 12.4. The molecule has 118 valence electrons. The fourth-order valence-electron chi connectivity index (χ4n) is 2.83. The van der Waals surface area contributed by atoms with Crippen molar-refractivity contribution in [2.24, 2.45) is 0 Å². The summed E-state index contributed by atoms with van der Waals surface area (Å²) >= 11 is 0. The summed E-state index contributed by atoms with van der Waals surface area (Å²) in [5.74, 6) is 0. The Morgan fingerprint density at radius 3 is 2.33 bits per heavy atom. The second-order valence-corrected chi connectivity index (χ2v) is 5.79. The molecular formula is C16H23F3N2. The lowest BCUT2D eigenvalue weighted by atomic mass is 10.1. The van der Waals surface area contributed by atoms with Gasteiger partial charge in [-0.1, -0.05) is 25.0 Å². The molecule has 0 radical (unpaired) electrons. The van der Waals surface area contributed by atoms with Gasteiger partial charge in [0.15, 0.2) is 0 Å². The summed E-state index contributed by atoms with van der Waals surface area (Å²) in [5.41, 5.74) is 0.290. The van der Waals surface area contributed by atoms with Gasteiger partial charge in [0.25, 0.3) is 0 Å². The molecule has 0 unspecified atom stereocenters. The lowest BCUT2D eigenvalue weighted by molar-refractivity contribution is -0.137. The van der Waals surface area contributed by atoms with E-state index in [-0.39, 0.29) is 0 Å². The Balaban J connectivity index is 1.68. The maximum Gasteiger partial charge on any atom is 0.416 e. The van der Waals surface area contributed by atoms with E-state index >= 15 is 0 Å². The minimum atomic E-state index is -4.25. The minimum Gasteiger partial charge on any atom is -0.311 e. The minimum absolute atomic E-state index is 0.591. The van der Waals surface area contributed by atoms with E-state index in [0.29, 0.717) is 12.6 Å². The van der Waals surface area contributed by atoms with E-state index < -0.39 is 11.7 Å². The van der Waals surface area contributed by atoms with Crippen LogP contribution in [0, 0.1) is 0 Å². The Morgan fingerprint density at radius 2 is 1.76 bits per heavy atom. The van der Waals surface area contributed by atoms with Gasteiger partial charge in [-0.3, -0.25) is 0 Å². The summed E-state index contributed by atoms with van der Waals surface area (Å²) in [4.78, 5) is 2.38. The first-order chi connectivity index (χ1) is 9.97. The number of benzene rings is 1. The van der Waals surface area contributed by atoms with Crippen molar-refractivity contribution in [2.75, 3.05) is 20.1 Å². The molecule has 0 atom stereocenters. The molecule has 1 aromatic carbocycles. The maximum absolute atomic E-state index is 12.4. The van der Waals surface area contributed by atoms with E-state index in [4.69, 9.17) is 0 Å². The van der Waals surface area contributed by atoms with Crippen molar-refractivity contribution in [3.8, 4) is 0 Å². The second kappa shape index (κ2) is 7.27. The van der Waals surface area contributed by atoms with Gasteiger partial charge in [-0.25, -0.2) is 0 Å². The summed E-state index contributed by atoms with van der Waals surface area (Å²) in [6.07, 6.45) is 0.975. The number of likely N-dealkylation sites (N-methyl/N-ethyl adjacent to an activating group) is 1. The van der Waals surface area contributed by atoms with Crippen LogP contribution in [0.15, 0.2) is 24.3 Å². The summed E-state index contributed by atoms with van der Waals surface area (Å²) in [6, 6.07) is 6.06. The van der Waals surface area contributed by atoms with Crippen molar-refractivity contribution in [1.82, 2.24) is 10.2 Å². The zero-order valence-corrected chi connectivity index (χ0v) is 12.4. The smallest absolute Gasteiger partial charge is 0.311 e. The van der Waals surface area contributed by atoms with Crippen LogP contribution in [-0.2, 0) is 12.7 Å². The third-order valence-electron chi connectivity index (χ3n) is 4.20. The van der Waals surface area contributed by atoms with Crippen molar-refractivity contribution < 1.29 is 13.2 Å². The molecule has 0 amide bonds. The highest BCUT2D eigenvalue weighted by Crippen LogP contribution is 2.29. The first-order valence-corrected chi connectivity index (χ1v) is 7.54. The van der Waals surface area contributed by atoms with Crippen molar-refractivity contribution in [3.63, 3.8) is 0 Å². The van der Waals surface area contributed by atoms with Gasteiger partial charge >= 0.3 is 6.18 Å². The number of nitrogens with one attached hydrogen (secondary N) is 1. The van der Waals surface area contributed by atoms with Crippen LogP contribution in [0.1, 0.15) is 36.8 Å². The van der Waals surface area contributed by atoms with Crippen LogP contribution in [-0.4, -0.2) is 31.1 Å². The van der Waals surface area contributed by atoms with Crippen LogP contribution >= 0.6 is 0 Å². The molecule has 2 nitrogen and oxygen atoms in total. The van der Waals surface area contributed by atoms with Crippen LogP contribution in [0.2, 0.25) is 0 Å². The van der Waals surface area contributed by atoms with Crippen LogP contribution < -0.4 is 5.32 Å². The predicted octanol–water partition coefficient (Wildman–Crippen LogP) is 3.67. The molecule has 1 N–H and O–H groups in total. The number of alkyl halides is 3. The van der Waals surface area contributed by atoms with Crippen molar-refractivity contribution in [3.05, 3.63) is 35.4 Å². The summed E-state index contributed by atoms with van der Waals surface area (Å²) in [7, 11) is 2.15. The molecule has 0 aromatic heterocycles. The van der Waals surface area contributed by atoms with E-state index in [1.54, 1.807) is 0 Å². The zero-order chi connectivity index (χ0) is 15.3.